The maximum Gasteiger partial charge on any atom is 0.317 e. The van der Waals surface area contributed by atoms with Crippen molar-refractivity contribution in [2.45, 2.75) is 6.54 Å². The van der Waals surface area contributed by atoms with Gasteiger partial charge in [-0.25, -0.2) is 0 Å². The molecule has 0 saturated carbocycles. The molecule has 8 nitrogen and oxygen atoms in total. The van der Waals surface area contributed by atoms with Crippen molar-refractivity contribution in [2.75, 3.05) is 13.6 Å². The van der Waals surface area contributed by atoms with Crippen molar-refractivity contribution in [3.05, 3.63) is 39.4 Å². The number of carbonyl (C=O) groups excluding carboxylic acids is 1. The number of hydrogen-bond donors (Lipinski definition) is 2. The van der Waals surface area contributed by atoms with Crippen LogP contribution in [0.5, 0.6) is 0 Å². The van der Waals surface area contributed by atoms with E-state index in [2.05, 4.69) is 0 Å². The summed E-state index contributed by atoms with van der Waals surface area (Å²) in [6.07, 6.45) is 0. The lowest BCUT2D eigenvalue weighted by Gasteiger charge is -2.14. The predicted octanol–water partition coefficient (Wildman–Crippen LogP) is 0.210. The van der Waals surface area contributed by atoms with E-state index in [4.69, 9.17) is 10.8 Å². The number of primary amides is 1. The number of benzene rings is 1. The molecular formula is C11H13N3O5. The number of aliphatic carboxylic acids is 1. The zero-order valence-corrected chi connectivity index (χ0v) is 10.2. The van der Waals surface area contributed by atoms with Crippen LogP contribution in [0.4, 0.5) is 5.69 Å². The number of nitro groups is 1. The summed E-state index contributed by atoms with van der Waals surface area (Å²) < 4.78 is 0. The SMILES string of the molecule is CN(CC(=O)O)Cc1ccc(C(N)=O)cc1[N+](=O)[O-]. The van der Waals surface area contributed by atoms with Crippen LogP contribution in [0.15, 0.2) is 18.2 Å². The number of nitrogens with zero attached hydrogens (tertiary/aromatic N) is 2. The van der Waals surface area contributed by atoms with Gasteiger partial charge in [-0.2, -0.15) is 0 Å². The molecule has 102 valence electrons. The first-order valence-electron chi connectivity index (χ1n) is 5.28. The van der Waals surface area contributed by atoms with Crippen LogP contribution in [0.25, 0.3) is 0 Å². The van der Waals surface area contributed by atoms with Crippen LogP contribution < -0.4 is 5.73 Å². The Bertz CT molecular complexity index is 529. The quantitative estimate of drug-likeness (QED) is 0.560. The lowest BCUT2D eigenvalue weighted by atomic mass is 10.1. The zero-order chi connectivity index (χ0) is 14.6. The van der Waals surface area contributed by atoms with Crippen LogP contribution in [0.2, 0.25) is 0 Å². The van der Waals surface area contributed by atoms with Gasteiger partial charge in [0.15, 0.2) is 0 Å². The molecule has 0 saturated heterocycles. The van der Waals surface area contributed by atoms with Gasteiger partial charge >= 0.3 is 5.97 Å². The third-order valence-corrected chi connectivity index (χ3v) is 2.41. The number of nitrogens with two attached hydrogens (primary N) is 1. The molecule has 1 aromatic rings. The van der Waals surface area contributed by atoms with Gasteiger partial charge in [-0.1, -0.05) is 6.07 Å². The van der Waals surface area contributed by atoms with Crippen LogP contribution in [-0.4, -0.2) is 40.4 Å². The van der Waals surface area contributed by atoms with Crippen molar-refractivity contribution in [3.8, 4) is 0 Å². The number of nitro benzene ring substituents is 1. The number of carboxylic acids is 1. The summed E-state index contributed by atoms with van der Waals surface area (Å²) in [6.45, 7) is -0.156. The normalized spacial score (nSPS) is 10.4. The molecule has 0 atom stereocenters. The minimum absolute atomic E-state index is 0.0383. The number of carboxylic acid groups (broad SMARTS) is 1. The monoisotopic (exact) mass is 267 g/mol. The topological polar surface area (TPSA) is 127 Å². The summed E-state index contributed by atoms with van der Waals surface area (Å²) in [7, 11) is 1.53. The molecule has 3 N–H and O–H groups in total. The van der Waals surface area contributed by atoms with Crippen molar-refractivity contribution in [3.63, 3.8) is 0 Å². The van der Waals surface area contributed by atoms with E-state index in [1.54, 1.807) is 0 Å². The Balaban J connectivity index is 3.03. The van der Waals surface area contributed by atoms with Gasteiger partial charge in [-0.05, 0) is 13.1 Å². The summed E-state index contributed by atoms with van der Waals surface area (Å²) in [6, 6.07) is 3.86. The molecule has 1 amide bonds. The highest BCUT2D eigenvalue weighted by molar-refractivity contribution is 5.93. The van der Waals surface area contributed by atoms with E-state index in [0.717, 1.165) is 6.07 Å². The first-order valence-corrected chi connectivity index (χ1v) is 5.28. The number of amides is 1. The maximum atomic E-state index is 11.0. The highest BCUT2D eigenvalue weighted by atomic mass is 16.6. The van der Waals surface area contributed by atoms with Gasteiger partial charge < -0.3 is 10.8 Å². The van der Waals surface area contributed by atoms with Crippen LogP contribution in [0, 0.1) is 10.1 Å². The van der Waals surface area contributed by atoms with Crippen LogP contribution in [0.3, 0.4) is 0 Å². The lowest BCUT2D eigenvalue weighted by molar-refractivity contribution is -0.385. The average Bonchev–Trinajstić information content (AvgIpc) is 2.27. The Kier molecular flexibility index (Phi) is 4.54. The summed E-state index contributed by atoms with van der Waals surface area (Å²) in [5, 5.41) is 19.5. The Morgan fingerprint density at radius 3 is 2.58 bits per heavy atom. The van der Waals surface area contributed by atoms with E-state index in [1.165, 1.54) is 24.1 Å². The van der Waals surface area contributed by atoms with E-state index >= 15 is 0 Å². The van der Waals surface area contributed by atoms with E-state index in [0.29, 0.717) is 5.56 Å². The molecule has 0 bridgehead atoms. The minimum atomic E-state index is -1.03. The molecule has 1 aromatic carbocycles. The van der Waals surface area contributed by atoms with Crippen molar-refractivity contribution in [2.24, 2.45) is 5.73 Å². The van der Waals surface area contributed by atoms with Crippen molar-refractivity contribution >= 4 is 17.6 Å². The van der Waals surface area contributed by atoms with Gasteiger partial charge in [0.25, 0.3) is 5.69 Å². The van der Waals surface area contributed by atoms with E-state index in [1.807, 2.05) is 0 Å². The van der Waals surface area contributed by atoms with E-state index < -0.39 is 16.8 Å². The predicted molar refractivity (Wildman–Crippen MR) is 65.6 cm³/mol. The number of hydrogen-bond acceptors (Lipinski definition) is 5. The smallest absolute Gasteiger partial charge is 0.317 e. The van der Waals surface area contributed by atoms with Gasteiger partial charge in [0.1, 0.15) is 0 Å². The second-order valence-corrected chi connectivity index (χ2v) is 4.03. The van der Waals surface area contributed by atoms with Crippen molar-refractivity contribution in [1.29, 1.82) is 0 Å². The summed E-state index contributed by atoms with van der Waals surface area (Å²) in [5.74, 6) is -1.78. The summed E-state index contributed by atoms with van der Waals surface area (Å²) >= 11 is 0. The third kappa shape index (κ3) is 4.03. The molecule has 0 heterocycles. The second kappa shape index (κ2) is 5.91. The maximum absolute atomic E-state index is 11.0. The van der Waals surface area contributed by atoms with Crippen molar-refractivity contribution in [1.82, 2.24) is 4.90 Å². The molecule has 0 fully saturated rings. The first-order chi connectivity index (χ1) is 8.81. The number of rotatable bonds is 6. The fraction of sp³-hybridized carbons (Fsp3) is 0.273. The zero-order valence-electron chi connectivity index (χ0n) is 10.2. The molecule has 0 aliphatic carbocycles. The Labute approximate surface area is 108 Å². The average molecular weight is 267 g/mol. The van der Waals surface area contributed by atoms with E-state index in [-0.39, 0.29) is 24.3 Å². The van der Waals surface area contributed by atoms with Gasteiger partial charge in [0, 0.05) is 23.7 Å². The molecule has 8 heteroatoms. The van der Waals surface area contributed by atoms with Crippen LogP contribution in [0.1, 0.15) is 15.9 Å². The van der Waals surface area contributed by atoms with Gasteiger partial charge in [-0.3, -0.25) is 24.6 Å². The molecule has 0 aliphatic rings. The third-order valence-electron chi connectivity index (χ3n) is 2.41. The van der Waals surface area contributed by atoms with Crippen LogP contribution >= 0.6 is 0 Å². The second-order valence-electron chi connectivity index (χ2n) is 4.03. The highest BCUT2D eigenvalue weighted by Crippen LogP contribution is 2.21. The van der Waals surface area contributed by atoms with Gasteiger partial charge in [0.2, 0.25) is 5.91 Å². The van der Waals surface area contributed by atoms with Gasteiger partial charge in [0.05, 0.1) is 11.5 Å². The van der Waals surface area contributed by atoms with Gasteiger partial charge in [-0.15, -0.1) is 0 Å². The molecule has 0 aromatic heterocycles. The van der Waals surface area contributed by atoms with Crippen molar-refractivity contribution < 1.29 is 19.6 Å². The lowest BCUT2D eigenvalue weighted by Crippen LogP contribution is -2.25. The molecule has 19 heavy (non-hydrogen) atoms. The van der Waals surface area contributed by atoms with Crippen LogP contribution in [-0.2, 0) is 11.3 Å². The number of carbonyl (C=O) groups is 2. The Morgan fingerprint density at radius 2 is 2.11 bits per heavy atom. The highest BCUT2D eigenvalue weighted by Gasteiger charge is 2.18. The largest absolute Gasteiger partial charge is 0.480 e. The number of likely N-dealkylation sites (N-methyl/N-ethyl adjacent to an activating group) is 1. The molecule has 0 aliphatic heterocycles. The fourth-order valence-corrected chi connectivity index (χ4v) is 1.60. The minimum Gasteiger partial charge on any atom is -0.480 e. The molecule has 0 radical (unpaired) electrons. The molecule has 0 unspecified atom stereocenters. The summed E-state index contributed by atoms with van der Waals surface area (Å²) in [4.78, 5) is 33.2. The Morgan fingerprint density at radius 1 is 1.47 bits per heavy atom. The fourth-order valence-electron chi connectivity index (χ4n) is 1.60. The molecule has 1 rings (SSSR count). The summed E-state index contributed by atoms with van der Waals surface area (Å²) in [5.41, 5.74) is 5.15. The molecular weight excluding hydrogens is 254 g/mol. The molecule has 0 spiro atoms. The van der Waals surface area contributed by atoms with E-state index in [9.17, 15) is 19.7 Å². The Hall–Kier alpha value is -2.48. The first kappa shape index (κ1) is 14.6. The standard InChI is InChI=1S/C11H13N3O5/c1-13(6-10(15)16)5-8-3-2-7(11(12)17)4-9(8)14(18)19/h2-4H,5-6H2,1H3,(H2,12,17)(H,15,16).